The first-order valence-corrected chi connectivity index (χ1v) is 6.05. The number of ketones is 1. The molecule has 0 aliphatic heterocycles. The van der Waals surface area contributed by atoms with Crippen molar-refractivity contribution in [3.05, 3.63) is 71.8 Å². The van der Waals surface area contributed by atoms with Crippen molar-refractivity contribution in [3.63, 3.8) is 0 Å². The highest BCUT2D eigenvalue weighted by Gasteiger charge is 2.20. The standard InChI is InChI=1S/C15H13ClO/c16-11-14(17)15(12-7-3-1-4-8-12)13-9-5-2-6-10-13/h1-10,15H,11H2. The quantitative estimate of drug-likeness (QED) is 0.751. The molecule has 86 valence electrons. The van der Waals surface area contributed by atoms with E-state index < -0.39 is 0 Å². The number of benzene rings is 2. The molecule has 0 aromatic heterocycles. The molecule has 0 saturated carbocycles. The molecule has 0 spiro atoms. The normalized spacial score (nSPS) is 10.5. The van der Waals surface area contributed by atoms with Gasteiger partial charge in [-0.3, -0.25) is 4.79 Å². The van der Waals surface area contributed by atoms with Gasteiger partial charge >= 0.3 is 0 Å². The Morgan fingerprint density at radius 1 is 0.882 bits per heavy atom. The molecule has 0 aliphatic carbocycles. The maximum atomic E-state index is 12.0. The summed E-state index contributed by atoms with van der Waals surface area (Å²) in [7, 11) is 0. The van der Waals surface area contributed by atoms with Crippen molar-refractivity contribution < 1.29 is 4.79 Å². The van der Waals surface area contributed by atoms with E-state index in [2.05, 4.69) is 0 Å². The van der Waals surface area contributed by atoms with Crippen LogP contribution in [0.4, 0.5) is 0 Å². The fourth-order valence-electron chi connectivity index (χ4n) is 1.93. The molecule has 2 aromatic rings. The minimum atomic E-state index is -0.255. The van der Waals surface area contributed by atoms with E-state index >= 15 is 0 Å². The molecule has 0 radical (unpaired) electrons. The summed E-state index contributed by atoms with van der Waals surface area (Å²) in [5.74, 6) is -0.187. The smallest absolute Gasteiger partial charge is 0.159 e. The summed E-state index contributed by atoms with van der Waals surface area (Å²) in [6, 6.07) is 19.5. The van der Waals surface area contributed by atoms with Gasteiger partial charge in [-0.15, -0.1) is 11.6 Å². The Morgan fingerprint density at radius 3 is 1.65 bits per heavy atom. The topological polar surface area (TPSA) is 17.1 Å². The summed E-state index contributed by atoms with van der Waals surface area (Å²) >= 11 is 5.70. The van der Waals surface area contributed by atoms with E-state index in [1.165, 1.54) is 0 Å². The Labute approximate surface area is 106 Å². The van der Waals surface area contributed by atoms with Crippen molar-refractivity contribution >= 4 is 17.4 Å². The van der Waals surface area contributed by atoms with Crippen LogP contribution in [0, 0.1) is 0 Å². The molecular weight excluding hydrogens is 232 g/mol. The van der Waals surface area contributed by atoms with Crippen molar-refractivity contribution in [1.29, 1.82) is 0 Å². The van der Waals surface area contributed by atoms with E-state index in [0.717, 1.165) is 11.1 Å². The predicted molar refractivity (Wildman–Crippen MR) is 70.5 cm³/mol. The molecule has 0 aliphatic rings. The fourth-order valence-corrected chi connectivity index (χ4v) is 2.09. The van der Waals surface area contributed by atoms with Gasteiger partial charge in [0.05, 0.1) is 11.8 Å². The van der Waals surface area contributed by atoms with Crippen LogP contribution in [0.25, 0.3) is 0 Å². The second kappa shape index (κ2) is 5.65. The van der Waals surface area contributed by atoms with Gasteiger partial charge in [-0.1, -0.05) is 60.7 Å². The second-order valence-electron chi connectivity index (χ2n) is 3.85. The number of carbonyl (C=O) groups excluding carboxylic acids is 1. The third-order valence-corrected chi connectivity index (χ3v) is 2.98. The van der Waals surface area contributed by atoms with Crippen molar-refractivity contribution in [3.8, 4) is 0 Å². The minimum absolute atomic E-state index is 0.0315. The van der Waals surface area contributed by atoms with Gasteiger partial charge in [0, 0.05) is 0 Å². The van der Waals surface area contributed by atoms with Crippen LogP contribution in [0.3, 0.4) is 0 Å². The zero-order valence-electron chi connectivity index (χ0n) is 9.34. The Bertz CT molecular complexity index is 439. The van der Waals surface area contributed by atoms with Crippen molar-refractivity contribution in [2.45, 2.75) is 5.92 Å². The summed E-state index contributed by atoms with van der Waals surface area (Å²) in [5, 5.41) is 0. The Kier molecular flexibility index (Phi) is 3.94. The monoisotopic (exact) mass is 244 g/mol. The molecule has 0 saturated heterocycles. The van der Waals surface area contributed by atoms with Gasteiger partial charge < -0.3 is 0 Å². The summed E-state index contributed by atoms with van der Waals surface area (Å²) in [4.78, 5) is 12.0. The van der Waals surface area contributed by atoms with Gasteiger partial charge in [0.25, 0.3) is 0 Å². The maximum Gasteiger partial charge on any atom is 0.159 e. The van der Waals surface area contributed by atoms with E-state index in [0.29, 0.717) is 0 Å². The molecule has 0 bridgehead atoms. The second-order valence-corrected chi connectivity index (χ2v) is 4.12. The highest BCUT2D eigenvalue weighted by Crippen LogP contribution is 2.25. The number of hydrogen-bond acceptors (Lipinski definition) is 1. The molecule has 0 atom stereocenters. The van der Waals surface area contributed by atoms with Gasteiger partial charge in [0.1, 0.15) is 0 Å². The van der Waals surface area contributed by atoms with Crippen molar-refractivity contribution in [1.82, 2.24) is 0 Å². The van der Waals surface area contributed by atoms with Gasteiger partial charge in [-0.2, -0.15) is 0 Å². The third-order valence-electron chi connectivity index (χ3n) is 2.72. The number of hydrogen-bond donors (Lipinski definition) is 0. The number of Topliss-reactive ketones (excluding diaryl/α,β-unsaturated/α-hetero) is 1. The SMILES string of the molecule is O=C(CCl)C(c1ccccc1)c1ccccc1. The number of alkyl halides is 1. The lowest BCUT2D eigenvalue weighted by Gasteiger charge is -2.15. The average Bonchev–Trinajstić information content (AvgIpc) is 2.41. The van der Waals surface area contributed by atoms with Gasteiger partial charge in [-0.05, 0) is 11.1 Å². The van der Waals surface area contributed by atoms with Gasteiger partial charge in [0.2, 0.25) is 0 Å². The van der Waals surface area contributed by atoms with Crippen LogP contribution in [0.15, 0.2) is 60.7 Å². The van der Waals surface area contributed by atoms with E-state index in [4.69, 9.17) is 11.6 Å². The Hall–Kier alpha value is -1.60. The lowest BCUT2D eigenvalue weighted by molar-refractivity contribution is -0.117. The lowest BCUT2D eigenvalue weighted by atomic mass is 9.88. The summed E-state index contributed by atoms with van der Waals surface area (Å²) in [6.45, 7) is 0. The molecule has 0 heterocycles. The first-order chi connectivity index (χ1) is 8.33. The highest BCUT2D eigenvalue weighted by atomic mass is 35.5. The zero-order valence-corrected chi connectivity index (χ0v) is 10.1. The molecule has 0 unspecified atom stereocenters. The van der Waals surface area contributed by atoms with Gasteiger partial charge in [-0.25, -0.2) is 0 Å². The van der Waals surface area contributed by atoms with Crippen LogP contribution in [-0.2, 0) is 4.79 Å². The molecule has 2 rings (SSSR count). The minimum Gasteiger partial charge on any atom is -0.297 e. The van der Waals surface area contributed by atoms with Crippen LogP contribution in [-0.4, -0.2) is 11.7 Å². The first-order valence-electron chi connectivity index (χ1n) is 5.51. The summed E-state index contributed by atoms with van der Waals surface area (Å²) in [6.07, 6.45) is 0. The maximum absolute atomic E-state index is 12.0. The van der Waals surface area contributed by atoms with Crippen LogP contribution in [0.2, 0.25) is 0 Å². The summed E-state index contributed by atoms with van der Waals surface area (Å²) in [5.41, 5.74) is 1.98. The highest BCUT2D eigenvalue weighted by molar-refractivity contribution is 6.28. The third kappa shape index (κ3) is 2.75. The van der Waals surface area contributed by atoms with Crippen molar-refractivity contribution in [2.75, 3.05) is 5.88 Å². The molecule has 0 N–H and O–H groups in total. The van der Waals surface area contributed by atoms with Gasteiger partial charge in [0.15, 0.2) is 5.78 Å². The van der Waals surface area contributed by atoms with Crippen molar-refractivity contribution in [2.24, 2.45) is 0 Å². The number of halogens is 1. The molecule has 2 aromatic carbocycles. The largest absolute Gasteiger partial charge is 0.297 e. The van der Waals surface area contributed by atoms with E-state index in [1.807, 2.05) is 60.7 Å². The van der Waals surface area contributed by atoms with E-state index in [-0.39, 0.29) is 17.6 Å². The van der Waals surface area contributed by atoms with Crippen LogP contribution in [0.1, 0.15) is 17.0 Å². The summed E-state index contributed by atoms with van der Waals surface area (Å²) < 4.78 is 0. The van der Waals surface area contributed by atoms with Crippen LogP contribution < -0.4 is 0 Å². The fraction of sp³-hybridized carbons (Fsp3) is 0.133. The number of rotatable bonds is 4. The van der Waals surface area contributed by atoms with Crippen LogP contribution in [0.5, 0.6) is 0 Å². The molecule has 17 heavy (non-hydrogen) atoms. The number of carbonyl (C=O) groups is 1. The molecule has 2 heteroatoms. The average molecular weight is 245 g/mol. The molecular formula is C15H13ClO. The van der Waals surface area contributed by atoms with Crippen LogP contribution >= 0.6 is 11.6 Å². The molecule has 0 amide bonds. The van der Waals surface area contributed by atoms with E-state index in [9.17, 15) is 4.79 Å². The zero-order chi connectivity index (χ0) is 12.1. The lowest BCUT2D eigenvalue weighted by Crippen LogP contribution is -2.15. The molecule has 1 nitrogen and oxygen atoms in total. The first kappa shape index (κ1) is 11.9. The molecule has 0 fully saturated rings. The Balaban J connectivity index is 2.43. The Morgan fingerprint density at radius 2 is 1.29 bits per heavy atom. The van der Waals surface area contributed by atoms with E-state index in [1.54, 1.807) is 0 Å². The predicted octanol–water partition coefficient (Wildman–Crippen LogP) is 3.63.